The summed E-state index contributed by atoms with van der Waals surface area (Å²) in [6.45, 7) is 5.24. The summed E-state index contributed by atoms with van der Waals surface area (Å²) in [6, 6.07) is 17.5. The number of hydrogen-bond donors (Lipinski definition) is 1. The molecule has 0 amide bonds. The maximum absolute atomic E-state index is 5.38. The molecule has 2 rings (SSSR count). The first-order valence-corrected chi connectivity index (χ1v) is 7.66. The summed E-state index contributed by atoms with van der Waals surface area (Å²) in [6.07, 6.45) is 2.14. The molecule has 2 aromatic rings. The molecule has 0 spiro atoms. The molecule has 0 aliphatic heterocycles. The maximum atomic E-state index is 5.38. The van der Waals surface area contributed by atoms with Gasteiger partial charge in [0.1, 0.15) is 5.75 Å². The van der Waals surface area contributed by atoms with Crippen LogP contribution in [0.3, 0.4) is 0 Å². The lowest BCUT2D eigenvalue weighted by atomic mass is 10.0. The molecule has 1 N–H and O–H groups in total. The van der Waals surface area contributed by atoms with Gasteiger partial charge in [0.05, 0.1) is 7.11 Å². The van der Waals surface area contributed by atoms with Crippen LogP contribution < -0.4 is 10.1 Å². The van der Waals surface area contributed by atoms with Crippen LogP contribution in [-0.2, 0) is 19.4 Å². The molecule has 0 aliphatic rings. The zero-order valence-corrected chi connectivity index (χ0v) is 14.5. The topological polar surface area (TPSA) is 21.3 Å². The van der Waals surface area contributed by atoms with E-state index in [2.05, 4.69) is 49.5 Å². The highest BCUT2D eigenvalue weighted by Crippen LogP contribution is 2.17. The normalized spacial score (nSPS) is 11.6. The van der Waals surface area contributed by atoms with Crippen LogP contribution in [0.2, 0.25) is 0 Å². The van der Waals surface area contributed by atoms with Crippen LogP contribution in [0.25, 0.3) is 0 Å². The minimum Gasteiger partial charge on any atom is -0.496 e. The van der Waals surface area contributed by atoms with Crippen molar-refractivity contribution in [1.29, 1.82) is 0 Å². The van der Waals surface area contributed by atoms with Crippen molar-refractivity contribution in [2.75, 3.05) is 7.11 Å². The lowest BCUT2D eigenvalue weighted by Crippen LogP contribution is -2.27. The van der Waals surface area contributed by atoms with Gasteiger partial charge in [-0.2, -0.15) is 0 Å². The van der Waals surface area contributed by atoms with E-state index in [1.54, 1.807) is 7.11 Å². The third kappa shape index (κ3) is 5.36. The molecule has 2 nitrogen and oxygen atoms in total. The Morgan fingerprint density at radius 3 is 2.27 bits per heavy atom. The molecule has 120 valence electrons. The summed E-state index contributed by atoms with van der Waals surface area (Å²) in [4.78, 5) is 0. The number of hydrogen-bond acceptors (Lipinski definition) is 2. The number of aryl methyl sites for hydroxylation is 1. The minimum atomic E-state index is 0. The highest BCUT2D eigenvalue weighted by Gasteiger charge is 2.06. The SMILES string of the molecule is CCc1ccc(CC(C)NCc2ccccc2OC)cc1.Cl. The second-order valence-electron chi connectivity index (χ2n) is 5.47. The molecule has 1 unspecified atom stereocenters. The van der Waals surface area contributed by atoms with Crippen molar-refractivity contribution in [2.24, 2.45) is 0 Å². The zero-order valence-electron chi connectivity index (χ0n) is 13.6. The van der Waals surface area contributed by atoms with Crippen LogP contribution >= 0.6 is 12.4 Å². The van der Waals surface area contributed by atoms with Gasteiger partial charge in [-0.25, -0.2) is 0 Å². The molecule has 0 saturated heterocycles. The van der Waals surface area contributed by atoms with Gasteiger partial charge in [0.25, 0.3) is 0 Å². The van der Waals surface area contributed by atoms with Gasteiger partial charge in [0, 0.05) is 18.2 Å². The lowest BCUT2D eigenvalue weighted by molar-refractivity contribution is 0.405. The predicted octanol–water partition coefficient (Wildman–Crippen LogP) is 4.40. The van der Waals surface area contributed by atoms with Crippen LogP contribution in [-0.4, -0.2) is 13.2 Å². The monoisotopic (exact) mass is 319 g/mol. The smallest absolute Gasteiger partial charge is 0.123 e. The average Bonchev–Trinajstić information content (AvgIpc) is 2.54. The van der Waals surface area contributed by atoms with E-state index in [0.29, 0.717) is 6.04 Å². The Morgan fingerprint density at radius 2 is 1.64 bits per heavy atom. The molecular formula is C19H26ClNO. The van der Waals surface area contributed by atoms with Gasteiger partial charge in [-0.15, -0.1) is 12.4 Å². The summed E-state index contributed by atoms with van der Waals surface area (Å²) in [7, 11) is 1.72. The Bertz CT molecular complexity index is 554. The van der Waals surface area contributed by atoms with Crippen molar-refractivity contribution in [3.63, 3.8) is 0 Å². The zero-order chi connectivity index (χ0) is 15.1. The third-order valence-electron chi connectivity index (χ3n) is 3.81. The van der Waals surface area contributed by atoms with E-state index in [0.717, 1.165) is 25.1 Å². The lowest BCUT2D eigenvalue weighted by Gasteiger charge is -2.15. The number of benzene rings is 2. The number of para-hydroxylation sites is 1. The van der Waals surface area contributed by atoms with Crippen LogP contribution in [0, 0.1) is 0 Å². The van der Waals surface area contributed by atoms with E-state index in [4.69, 9.17) is 4.74 Å². The Morgan fingerprint density at radius 1 is 1.00 bits per heavy atom. The van der Waals surface area contributed by atoms with Crippen molar-refractivity contribution in [3.8, 4) is 5.75 Å². The average molecular weight is 320 g/mol. The van der Waals surface area contributed by atoms with E-state index >= 15 is 0 Å². The summed E-state index contributed by atoms with van der Waals surface area (Å²) >= 11 is 0. The number of rotatable bonds is 7. The second-order valence-corrected chi connectivity index (χ2v) is 5.47. The Hall–Kier alpha value is -1.51. The molecule has 0 aromatic heterocycles. The largest absolute Gasteiger partial charge is 0.496 e. The van der Waals surface area contributed by atoms with Gasteiger partial charge in [-0.3, -0.25) is 0 Å². The van der Waals surface area contributed by atoms with Gasteiger partial charge in [0.2, 0.25) is 0 Å². The van der Waals surface area contributed by atoms with Gasteiger partial charge in [-0.05, 0) is 37.0 Å². The molecule has 22 heavy (non-hydrogen) atoms. The number of nitrogens with one attached hydrogen (secondary N) is 1. The van der Waals surface area contributed by atoms with E-state index in [1.807, 2.05) is 18.2 Å². The fourth-order valence-electron chi connectivity index (χ4n) is 2.47. The highest BCUT2D eigenvalue weighted by molar-refractivity contribution is 5.85. The van der Waals surface area contributed by atoms with Crippen molar-refractivity contribution < 1.29 is 4.74 Å². The van der Waals surface area contributed by atoms with Crippen LogP contribution in [0.1, 0.15) is 30.5 Å². The first-order chi connectivity index (χ1) is 10.2. The van der Waals surface area contributed by atoms with Gasteiger partial charge >= 0.3 is 0 Å². The van der Waals surface area contributed by atoms with E-state index in [9.17, 15) is 0 Å². The summed E-state index contributed by atoms with van der Waals surface area (Å²) < 4.78 is 5.38. The number of methoxy groups -OCH3 is 1. The predicted molar refractivity (Wildman–Crippen MR) is 96.1 cm³/mol. The molecule has 0 aliphatic carbocycles. The fourth-order valence-corrected chi connectivity index (χ4v) is 2.47. The Labute approximate surface area is 140 Å². The summed E-state index contributed by atoms with van der Waals surface area (Å²) in [5, 5.41) is 3.57. The quantitative estimate of drug-likeness (QED) is 0.816. The minimum absolute atomic E-state index is 0. The first-order valence-electron chi connectivity index (χ1n) is 7.66. The molecule has 0 fully saturated rings. The fraction of sp³-hybridized carbons (Fsp3) is 0.368. The summed E-state index contributed by atoms with van der Waals surface area (Å²) in [5.41, 5.74) is 3.98. The van der Waals surface area contributed by atoms with Crippen molar-refractivity contribution in [1.82, 2.24) is 5.32 Å². The Balaban J connectivity index is 0.00000242. The van der Waals surface area contributed by atoms with Crippen LogP contribution in [0.15, 0.2) is 48.5 Å². The molecule has 3 heteroatoms. The molecule has 2 aromatic carbocycles. The third-order valence-corrected chi connectivity index (χ3v) is 3.81. The van der Waals surface area contributed by atoms with Gasteiger partial charge in [-0.1, -0.05) is 49.4 Å². The standard InChI is InChI=1S/C19H25NO.ClH/c1-4-16-9-11-17(12-10-16)13-15(2)20-14-18-7-5-6-8-19(18)21-3;/h5-12,15,20H,4,13-14H2,1-3H3;1H. The molecule has 0 bridgehead atoms. The van der Waals surface area contributed by atoms with Crippen LogP contribution in [0.4, 0.5) is 0 Å². The van der Waals surface area contributed by atoms with Crippen molar-refractivity contribution in [3.05, 3.63) is 65.2 Å². The van der Waals surface area contributed by atoms with Gasteiger partial charge in [0.15, 0.2) is 0 Å². The van der Waals surface area contributed by atoms with E-state index in [1.165, 1.54) is 16.7 Å². The molecule has 0 saturated carbocycles. The molecule has 1 atom stereocenters. The van der Waals surface area contributed by atoms with E-state index in [-0.39, 0.29) is 12.4 Å². The van der Waals surface area contributed by atoms with Gasteiger partial charge < -0.3 is 10.1 Å². The molecule has 0 radical (unpaired) electrons. The van der Waals surface area contributed by atoms with E-state index < -0.39 is 0 Å². The second kappa shape index (κ2) is 9.50. The highest BCUT2D eigenvalue weighted by atomic mass is 35.5. The number of halogens is 1. The van der Waals surface area contributed by atoms with Crippen molar-refractivity contribution >= 4 is 12.4 Å². The van der Waals surface area contributed by atoms with Crippen molar-refractivity contribution in [2.45, 2.75) is 39.3 Å². The van der Waals surface area contributed by atoms with Crippen LogP contribution in [0.5, 0.6) is 5.75 Å². The first kappa shape index (κ1) is 18.5. The molecular weight excluding hydrogens is 294 g/mol. The summed E-state index contributed by atoms with van der Waals surface area (Å²) in [5.74, 6) is 0.949. The number of ether oxygens (including phenoxy) is 1. The Kier molecular flexibility index (Phi) is 8.00. The molecule has 0 heterocycles. The maximum Gasteiger partial charge on any atom is 0.123 e.